The van der Waals surface area contributed by atoms with Crippen LogP contribution in [0.1, 0.15) is 39.0 Å². The maximum Gasteiger partial charge on any atom is 0.305 e. The number of rotatable bonds is 8. The quantitative estimate of drug-likeness (QED) is 0.542. The van der Waals surface area contributed by atoms with E-state index in [-0.39, 0.29) is 11.9 Å². The zero-order valence-corrected chi connectivity index (χ0v) is 14.6. The number of anilines is 1. The van der Waals surface area contributed by atoms with Crippen LogP contribution < -0.4 is 4.90 Å². The van der Waals surface area contributed by atoms with Crippen molar-refractivity contribution in [2.45, 2.75) is 39.0 Å². The van der Waals surface area contributed by atoms with Crippen LogP contribution in [-0.4, -0.2) is 49.6 Å². The van der Waals surface area contributed by atoms with Crippen LogP contribution in [0.2, 0.25) is 0 Å². The fourth-order valence-electron chi connectivity index (χ4n) is 2.97. The van der Waals surface area contributed by atoms with Gasteiger partial charge in [-0.15, -0.1) is 0 Å². The molecule has 5 heteroatoms. The Morgan fingerprint density at radius 1 is 0.958 bits per heavy atom. The maximum absolute atomic E-state index is 12.3. The first-order valence-corrected chi connectivity index (χ1v) is 8.94. The minimum atomic E-state index is -0.138. The predicted octanol–water partition coefficient (Wildman–Crippen LogP) is 2.85. The smallest absolute Gasteiger partial charge is 0.305 e. The second-order valence-electron chi connectivity index (χ2n) is 6.07. The molecule has 0 spiro atoms. The number of hydrogen-bond donors (Lipinski definition) is 0. The highest BCUT2D eigenvalue weighted by Crippen LogP contribution is 2.16. The van der Waals surface area contributed by atoms with Gasteiger partial charge in [-0.05, 0) is 31.9 Å². The molecule has 2 rings (SSSR count). The van der Waals surface area contributed by atoms with E-state index < -0.39 is 0 Å². The Hall–Kier alpha value is -2.04. The maximum atomic E-state index is 12.3. The molecular formula is C19H28N2O3. The predicted molar refractivity (Wildman–Crippen MR) is 95.0 cm³/mol. The lowest BCUT2D eigenvalue weighted by atomic mass is 10.1. The molecule has 0 unspecified atom stereocenters. The summed E-state index contributed by atoms with van der Waals surface area (Å²) in [6.45, 7) is 5.60. The summed E-state index contributed by atoms with van der Waals surface area (Å²) in [7, 11) is 0. The summed E-state index contributed by atoms with van der Waals surface area (Å²) in [5.41, 5.74) is 1.23. The molecule has 0 aromatic heterocycles. The Morgan fingerprint density at radius 2 is 1.62 bits per heavy atom. The van der Waals surface area contributed by atoms with Crippen LogP contribution in [0.3, 0.4) is 0 Å². The van der Waals surface area contributed by atoms with Crippen molar-refractivity contribution in [2.24, 2.45) is 0 Å². The summed E-state index contributed by atoms with van der Waals surface area (Å²) < 4.78 is 4.89. The average molecular weight is 332 g/mol. The molecule has 0 aliphatic carbocycles. The van der Waals surface area contributed by atoms with Crippen molar-refractivity contribution in [2.75, 3.05) is 37.7 Å². The fraction of sp³-hybridized carbons (Fsp3) is 0.579. The lowest BCUT2D eigenvalue weighted by Crippen LogP contribution is -2.48. The molecule has 1 aliphatic heterocycles. The van der Waals surface area contributed by atoms with Crippen LogP contribution >= 0.6 is 0 Å². The van der Waals surface area contributed by atoms with Crippen LogP contribution in [-0.2, 0) is 14.3 Å². The number of ether oxygens (including phenoxy) is 1. The van der Waals surface area contributed by atoms with Crippen LogP contribution in [0.25, 0.3) is 0 Å². The first-order valence-electron chi connectivity index (χ1n) is 8.94. The summed E-state index contributed by atoms with van der Waals surface area (Å²) in [5.74, 6) is 0.0970. The Kier molecular flexibility index (Phi) is 7.59. The second kappa shape index (κ2) is 9.96. The summed E-state index contributed by atoms with van der Waals surface area (Å²) in [4.78, 5) is 27.8. The van der Waals surface area contributed by atoms with Gasteiger partial charge in [-0.2, -0.15) is 0 Å². The number of esters is 1. The standard InChI is InChI=1S/C19H28N2O3/c1-2-24-19(23)12-8-4-7-11-18(22)21-15-13-20(14-16-21)17-9-5-3-6-10-17/h3,5-6,9-10H,2,4,7-8,11-16H2,1H3. The number of unbranched alkanes of at least 4 members (excludes halogenated alkanes) is 2. The Morgan fingerprint density at radius 3 is 2.29 bits per heavy atom. The number of piperazine rings is 1. The van der Waals surface area contributed by atoms with E-state index in [1.807, 2.05) is 30.0 Å². The van der Waals surface area contributed by atoms with Crippen LogP contribution in [0.4, 0.5) is 5.69 Å². The van der Waals surface area contributed by atoms with Gasteiger partial charge < -0.3 is 14.5 Å². The van der Waals surface area contributed by atoms with Gasteiger partial charge in [0.1, 0.15) is 0 Å². The Labute approximate surface area is 144 Å². The lowest BCUT2D eigenvalue weighted by Gasteiger charge is -2.36. The summed E-state index contributed by atoms with van der Waals surface area (Å²) in [6, 6.07) is 10.3. The van der Waals surface area contributed by atoms with E-state index in [0.717, 1.165) is 45.4 Å². The minimum Gasteiger partial charge on any atom is -0.466 e. The first-order chi connectivity index (χ1) is 11.7. The van der Waals surface area contributed by atoms with Gasteiger partial charge in [0.2, 0.25) is 5.91 Å². The van der Waals surface area contributed by atoms with Crippen molar-refractivity contribution >= 4 is 17.6 Å². The third-order valence-corrected chi connectivity index (χ3v) is 4.33. The topological polar surface area (TPSA) is 49.9 Å². The molecule has 1 aliphatic rings. The number of carbonyl (C=O) groups excluding carboxylic acids is 2. The van der Waals surface area contributed by atoms with Crippen molar-refractivity contribution in [1.82, 2.24) is 4.90 Å². The number of benzene rings is 1. The van der Waals surface area contributed by atoms with Crippen molar-refractivity contribution in [3.63, 3.8) is 0 Å². The molecule has 0 atom stereocenters. The SMILES string of the molecule is CCOC(=O)CCCCCC(=O)N1CCN(c2ccccc2)CC1. The van der Waals surface area contributed by atoms with E-state index in [2.05, 4.69) is 17.0 Å². The fourth-order valence-corrected chi connectivity index (χ4v) is 2.97. The summed E-state index contributed by atoms with van der Waals surface area (Å²) >= 11 is 0. The van der Waals surface area contributed by atoms with Gasteiger partial charge >= 0.3 is 5.97 Å². The molecule has 1 heterocycles. The third kappa shape index (κ3) is 5.87. The number of carbonyl (C=O) groups is 2. The zero-order chi connectivity index (χ0) is 17.2. The molecule has 1 saturated heterocycles. The molecule has 1 aromatic carbocycles. The summed E-state index contributed by atoms with van der Waals surface area (Å²) in [6.07, 6.45) is 3.57. The van der Waals surface area contributed by atoms with Gasteiger partial charge in [-0.1, -0.05) is 24.6 Å². The lowest BCUT2D eigenvalue weighted by molar-refractivity contribution is -0.143. The third-order valence-electron chi connectivity index (χ3n) is 4.33. The van der Waals surface area contributed by atoms with Crippen molar-refractivity contribution in [3.05, 3.63) is 30.3 Å². The molecule has 24 heavy (non-hydrogen) atoms. The van der Waals surface area contributed by atoms with E-state index in [1.165, 1.54) is 5.69 Å². The minimum absolute atomic E-state index is 0.138. The van der Waals surface area contributed by atoms with Gasteiger partial charge in [-0.25, -0.2) is 0 Å². The van der Waals surface area contributed by atoms with E-state index in [4.69, 9.17) is 4.74 Å². The summed E-state index contributed by atoms with van der Waals surface area (Å²) in [5, 5.41) is 0. The zero-order valence-electron chi connectivity index (χ0n) is 14.6. The van der Waals surface area contributed by atoms with Gasteiger partial charge in [0.25, 0.3) is 0 Å². The van der Waals surface area contributed by atoms with Gasteiger partial charge in [0, 0.05) is 44.7 Å². The Bertz CT molecular complexity index is 511. The molecule has 0 N–H and O–H groups in total. The van der Waals surface area contributed by atoms with Crippen LogP contribution in [0.15, 0.2) is 30.3 Å². The van der Waals surface area contributed by atoms with E-state index in [9.17, 15) is 9.59 Å². The first kappa shape index (κ1) is 18.3. The normalized spacial score (nSPS) is 14.5. The monoisotopic (exact) mass is 332 g/mol. The Balaban J connectivity index is 1.60. The van der Waals surface area contributed by atoms with Gasteiger partial charge in [0.15, 0.2) is 0 Å². The molecule has 1 amide bonds. The molecule has 5 nitrogen and oxygen atoms in total. The molecule has 1 fully saturated rings. The van der Waals surface area contributed by atoms with Crippen molar-refractivity contribution in [1.29, 1.82) is 0 Å². The molecular weight excluding hydrogens is 304 g/mol. The van der Waals surface area contributed by atoms with Crippen LogP contribution in [0.5, 0.6) is 0 Å². The molecule has 1 aromatic rings. The molecule has 0 bridgehead atoms. The van der Waals surface area contributed by atoms with E-state index >= 15 is 0 Å². The molecule has 0 radical (unpaired) electrons. The van der Waals surface area contributed by atoms with E-state index in [0.29, 0.717) is 19.4 Å². The molecule has 0 saturated carbocycles. The van der Waals surface area contributed by atoms with Crippen molar-refractivity contribution < 1.29 is 14.3 Å². The average Bonchev–Trinajstić information content (AvgIpc) is 2.62. The highest BCUT2D eigenvalue weighted by molar-refractivity contribution is 5.76. The number of para-hydroxylation sites is 1. The van der Waals surface area contributed by atoms with Crippen molar-refractivity contribution in [3.8, 4) is 0 Å². The number of nitrogens with zero attached hydrogens (tertiary/aromatic N) is 2. The molecule has 132 valence electrons. The number of amides is 1. The van der Waals surface area contributed by atoms with Gasteiger partial charge in [0.05, 0.1) is 6.61 Å². The highest BCUT2D eigenvalue weighted by atomic mass is 16.5. The largest absolute Gasteiger partial charge is 0.466 e. The highest BCUT2D eigenvalue weighted by Gasteiger charge is 2.20. The second-order valence-corrected chi connectivity index (χ2v) is 6.07. The van der Waals surface area contributed by atoms with Gasteiger partial charge in [-0.3, -0.25) is 9.59 Å². The van der Waals surface area contributed by atoms with E-state index in [1.54, 1.807) is 0 Å². The number of hydrogen-bond acceptors (Lipinski definition) is 4. The van der Waals surface area contributed by atoms with Crippen LogP contribution in [0, 0.1) is 0 Å².